The molecule has 0 radical (unpaired) electrons. The van der Waals surface area contributed by atoms with Crippen molar-refractivity contribution >= 4 is 5.97 Å². The predicted octanol–water partition coefficient (Wildman–Crippen LogP) is 14.0. The smallest absolute Gasteiger partial charge is 0.306 e. The molecule has 0 rings (SSSR count). The molecule has 1 unspecified atom stereocenters. The zero-order valence-electron chi connectivity index (χ0n) is 33.3. The third kappa shape index (κ3) is 41.9. The minimum atomic E-state index is -0.551. The molecule has 0 aromatic carbocycles. The summed E-state index contributed by atoms with van der Waals surface area (Å²) in [5.74, 6) is -0.221. The third-order valence-electron chi connectivity index (χ3n) is 8.70. The highest BCUT2D eigenvalue weighted by Gasteiger charge is 2.13. The lowest BCUT2D eigenvalue weighted by molar-refractivity contribution is -0.154. The Bertz CT molecular complexity index is 923. The molecule has 4 heteroatoms. The van der Waals surface area contributed by atoms with Crippen molar-refractivity contribution in [1.29, 1.82) is 0 Å². The Morgan fingerprint density at radius 2 is 0.882 bits per heavy atom. The first-order chi connectivity index (χ1) is 25.2. The lowest BCUT2D eigenvalue weighted by atomic mass is 10.1. The molecule has 0 bridgehead atoms. The van der Waals surface area contributed by atoms with Gasteiger partial charge in [-0.3, -0.25) is 4.79 Å². The number of ether oxygens (including phenoxy) is 2. The van der Waals surface area contributed by atoms with E-state index in [0.29, 0.717) is 13.0 Å². The number of aliphatic hydroxyl groups excluding tert-OH is 1. The van der Waals surface area contributed by atoms with Gasteiger partial charge in [-0.2, -0.15) is 0 Å². The highest BCUT2D eigenvalue weighted by Crippen LogP contribution is 2.12. The lowest BCUT2D eigenvalue weighted by Crippen LogP contribution is -2.27. The Kier molecular flexibility index (Phi) is 41.6. The first kappa shape index (κ1) is 48.6. The summed E-state index contributed by atoms with van der Waals surface area (Å²) in [6.45, 7) is 5.16. The Morgan fingerprint density at radius 3 is 1.33 bits per heavy atom. The quantitative estimate of drug-likeness (QED) is 0.0394. The zero-order valence-corrected chi connectivity index (χ0v) is 33.3. The Morgan fingerprint density at radius 1 is 0.490 bits per heavy atom. The van der Waals surface area contributed by atoms with Crippen LogP contribution in [0.1, 0.15) is 181 Å². The van der Waals surface area contributed by atoms with Crippen molar-refractivity contribution in [3.05, 3.63) is 85.1 Å². The summed E-state index contributed by atoms with van der Waals surface area (Å²) in [6, 6.07) is 0. The molecular formula is C47H80O4. The van der Waals surface area contributed by atoms with E-state index in [2.05, 4.69) is 98.9 Å². The molecule has 0 heterocycles. The van der Waals surface area contributed by atoms with Crippen LogP contribution in [0.15, 0.2) is 85.1 Å². The molecule has 0 aromatic heterocycles. The molecule has 0 aromatic rings. The number of unbranched alkanes of at least 4 members (excludes halogenated alkanes) is 16. The van der Waals surface area contributed by atoms with Crippen LogP contribution in [0.25, 0.3) is 0 Å². The van der Waals surface area contributed by atoms with Crippen molar-refractivity contribution < 1.29 is 19.4 Å². The first-order valence-electron chi connectivity index (χ1n) is 21.2. The fourth-order valence-electron chi connectivity index (χ4n) is 5.56. The molecule has 4 nitrogen and oxygen atoms in total. The summed E-state index contributed by atoms with van der Waals surface area (Å²) in [4.78, 5) is 12.2. The highest BCUT2D eigenvalue weighted by atomic mass is 16.6. The Labute approximate surface area is 316 Å². The summed E-state index contributed by atoms with van der Waals surface area (Å²) in [6.07, 6.45) is 60.6. The number of carbonyl (C=O) groups is 1. The molecule has 0 aliphatic carbocycles. The number of carbonyl (C=O) groups excluding carboxylic acids is 1. The van der Waals surface area contributed by atoms with E-state index in [9.17, 15) is 9.90 Å². The van der Waals surface area contributed by atoms with Crippen molar-refractivity contribution in [3.8, 4) is 0 Å². The summed E-state index contributed by atoms with van der Waals surface area (Å²) >= 11 is 0. The molecule has 0 saturated heterocycles. The fourth-order valence-corrected chi connectivity index (χ4v) is 5.56. The molecule has 1 N–H and O–H groups in total. The highest BCUT2D eigenvalue weighted by molar-refractivity contribution is 5.69. The van der Waals surface area contributed by atoms with Gasteiger partial charge in [-0.05, 0) is 89.9 Å². The van der Waals surface area contributed by atoms with Crippen LogP contribution in [-0.2, 0) is 14.3 Å². The molecule has 0 fully saturated rings. The van der Waals surface area contributed by atoms with E-state index in [0.717, 1.165) is 77.0 Å². The van der Waals surface area contributed by atoms with Gasteiger partial charge in [0.25, 0.3) is 0 Å². The number of esters is 1. The molecule has 0 spiro atoms. The minimum Gasteiger partial charge on any atom is -0.457 e. The predicted molar refractivity (Wildman–Crippen MR) is 223 cm³/mol. The number of hydrogen-bond donors (Lipinski definition) is 1. The van der Waals surface area contributed by atoms with Crippen LogP contribution in [0.5, 0.6) is 0 Å². The van der Waals surface area contributed by atoms with Gasteiger partial charge in [-0.25, -0.2) is 0 Å². The van der Waals surface area contributed by atoms with Crippen LogP contribution < -0.4 is 0 Å². The lowest BCUT2D eigenvalue weighted by Gasteiger charge is -2.15. The third-order valence-corrected chi connectivity index (χ3v) is 8.70. The normalized spacial score (nSPS) is 13.2. The van der Waals surface area contributed by atoms with Crippen molar-refractivity contribution in [2.24, 2.45) is 0 Å². The monoisotopic (exact) mass is 709 g/mol. The molecule has 0 aliphatic heterocycles. The number of aliphatic hydroxyl groups is 1. The summed E-state index contributed by atoms with van der Waals surface area (Å²) in [5.41, 5.74) is 0. The van der Waals surface area contributed by atoms with E-state index in [-0.39, 0.29) is 19.2 Å². The van der Waals surface area contributed by atoms with Crippen molar-refractivity contribution in [1.82, 2.24) is 0 Å². The molecule has 0 amide bonds. The van der Waals surface area contributed by atoms with Gasteiger partial charge in [0.05, 0.1) is 13.2 Å². The average Bonchev–Trinajstić information content (AvgIpc) is 3.14. The summed E-state index contributed by atoms with van der Waals surface area (Å²) < 4.78 is 11.1. The van der Waals surface area contributed by atoms with E-state index in [4.69, 9.17) is 9.47 Å². The SMILES string of the molecule is CC/C=C\C/C=C\C/C=C\C/C=C\C/C=C\CCCCCCCCCCOCC(CO)OC(=O)CCCCCCC/C=C\C/C=C\CCCCC. The van der Waals surface area contributed by atoms with Crippen LogP contribution in [0.2, 0.25) is 0 Å². The number of allylic oxidation sites excluding steroid dienone is 14. The summed E-state index contributed by atoms with van der Waals surface area (Å²) in [5, 5.41) is 9.59. The van der Waals surface area contributed by atoms with Crippen LogP contribution in [0.3, 0.4) is 0 Å². The standard InChI is InChI=1S/C47H80O4/c1-3-5-7-9-11-13-15-17-19-20-21-22-23-24-25-26-27-29-31-33-35-37-39-41-43-50-45-46(44-48)51-47(49)42-40-38-36-34-32-30-28-18-16-14-12-10-8-6-4-2/h5,7,11-14,17-19,21-22,24-25,28,46,48H,3-4,6,8-10,15-16,20,23,26-27,29-45H2,1-2H3/b7-5-,13-11-,14-12-,19-17-,22-21-,25-24-,28-18-. The van der Waals surface area contributed by atoms with Gasteiger partial charge in [0.2, 0.25) is 0 Å². The van der Waals surface area contributed by atoms with Crippen LogP contribution >= 0.6 is 0 Å². The average molecular weight is 709 g/mol. The number of hydrogen-bond acceptors (Lipinski definition) is 4. The Balaban J connectivity index is 3.51. The van der Waals surface area contributed by atoms with E-state index in [1.807, 2.05) is 0 Å². The maximum atomic E-state index is 12.2. The minimum absolute atomic E-state index is 0.186. The second-order valence-electron chi connectivity index (χ2n) is 13.7. The van der Waals surface area contributed by atoms with Crippen molar-refractivity contribution in [3.63, 3.8) is 0 Å². The van der Waals surface area contributed by atoms with Crippen molar-refractivity contribution in [2.45, 2.75) is 187 Å². The second kappa shape index (κ2) is 43.7. The van der Waals surface area contributed by atoms with Crippen molar-refractivity contribution in [2.75, 3.05) is 19.8 Å². The van der Waals surface area contributed by atoms with Gasteiger partial charge in [0.15, 0.2) is 0 Å². The van der Waals surface area contributed by atoms with Gasteiger partial charge in [0.1, 0.15) is 6.10 Å². The molecule has 51 heavy (non-hydrogen) atoms. The van der Waals surface area contributed by atoms with Gasteiger partial charge < -0.3 is 14.6 Å². The molecule has 292 valence electrons. The van der Waals surface area contributed by atoms with Crippen LogP contribution in [0, 0.1) is 0 Å². The van der Waals surface area contributed by atoms with Gasteiger partial charge >= 0.3 is 5.97 Å². The summed E-state index contributed by atoms with van der Waals surface area (Å²) in [7, 11) is 0. The van der Waals surface area contributed by atoms with E-state index >= 15 is 0 Å². The number of rotatable bonds is 38. The molecule has 0 aliphatic rings. The molecular weight excluding hydrogens is 629 g/mol. The van der Waals surface area contributed by atoms with Gasteiger partial charge in [-0.1, -0.05) is 170 Å². The van der Waals surface area contributed by atoms with Gasteiger partial charge in [-0.15, -0.1) is 0 Å². The zero-order chi connectivity index (χ0) is 37.0. The second-order valence-corrected chi connectivity index (χ2v) is 13.7. The van der Waals surface area contributed by atoms with Gasteiger partial charge in [0, 0.05) is 13.0 Å². The first-order valence-corrected chi connectivity index (χ1v) is 21.2. The largest absolute Gasteiger partial charge is 0.457 e. The molecule has 0 saturated carbocycles. The van der Waals surface area contributed by atoms with E-state index in [1.54, 1.807) is 0 Å². The topological polar surface area (TPSA) is 55.8 Å². The van der Waals surface area contributed by atoms with E-state index < -0.39 is 6.10 Å². The fraction of sp³-hybridized carbons (Fsp3) is 0.681. The van der Waals surface area contributed by atoms with Crippen LogP contribution in [0.4, 0.5) is 0 Å². The van der Waals surface area contributed by atoms with E-state index in [1.165, 1.54) is 83.5 Å². The van der Waals surface area contributed by atoms with Crippen LogP contribution in [-0.4, -0.2) is 37.0 Å². The maximum Gasteiger partial charge on any atom is 0.306 e. The Hall–Kier alpha value is -2.43. The molecule has 1 atom stereocenters. The maximum absolute atomic E-state index is 12.2.